The molecule has 0 amide bonds. The lowest BCUT2D eigenvalue weighted by atomic mass is 10.2. The van der Waals surface area contributed by atoms with E-state index in [1.165, 1.54) is 18.4 Å². The predicted molar refractivity (Wildman–Crippen MR) is 50.9 cm³/mol. The molecule has 1 aromatic rings. The highest BCUT2D eigenvalue weighted by atomic mass is 35.5. The molecule has 72 valence electrons. The smallest absolute Gasteiger partial charge is 0.308 e. The van der Waals surface area contributed by atoms with Gasteiger partial charge in [0.15, 0.2) is 0 Å². The Hall–Kier alpha value is -0.580. The maximum absolute atomic E-state index is 10.8. The van der Waals surface area contributed by atoms with Crippen LogP contribution in [0.2, 0.25) is 5.02 Å². The Bertz CT molecular complexity index is 297. The van der Waals surface area contributed by atoms with Gasteiger partial charge in [-0.25, -0.2) is 0 Å². The maximum Gasteiger partial charge on any atom is 0.308 e. The Balaban J connectivity index is 2.58. The first-order valence-electron chi connectivity index (χ1n) is 3.62. The number of hydrogen-bond acceptors (Lipinski definition) is 4. The lowest BCUT2D eigenvalue weighted by Crippen LogP contribution is -2.06. The average molecular weight is 221 g/mol. The molecule has 0 aromatic carbocycles. The van der Waals surface area contributed by atoms with E-state index in [0.29, 0.717) is 9.90 Å². The third kappa shape index (κ3) is 2.99. The fourth-order valence-electron chi connectivity index (χ4n) is 0.845. The van der Waals surface area contributed by atoms with Gasteiger partial charge in [0.05, 0.1) is 24.7 Å². The normalized spacial score (nSPS) is 12.5. The second-order valence-electron chi connectivity index (χ2n) is 2.46. The monoisotopic (exact) mass is 220 g/mol. The summed E-state index contributed by atoms with van der Waals surface area (Å²) in [6.45, 7) is 0. The molecule has 0 aliphatic rings. The summed E-state index contributed by atoms with van der Waals surface area (Å²) in [5.41, 5.74) is 0. The first-order valence-corrected chi connectivity index (χ1v) is 4.88. The number of rotatable bonds is 3. The van der Waals surface area contributed by atoms with E-state index in [2.05, 4.69) is 4.74 Å². The lowest BCUT2D eigenvalue weighted by molar-refractivity contribution is -0.142. The number of aliphatic hydroxyl groups excluding tert-OH is 1. The van der Waals surface area contributed by atoms with Crippen LogP contribution in [0, 0.1) is 0 Å². The van der Waals surface area contributed by atoms with Crippen LogP contribution in [0.1, 0.15) is 17.4 Å². The molecule has 0 unspecified atom stereocenters. The van der Waals surface area contributed by atoms with Gasteiger partial charge in [0, 0.05) is 10.3 Å². The topological polar surface area (TPSA) is 46.5 Å². The number of halogens is 1. The molecule has 1 rings (SSSR count). The molecule has 3 nitrogen and oxygen atoms in total. The number of carbonyl (C=O) groups is 1. The van der Waals surface area contributed by atoms with Gasteiger partial charge in [0.1, 0.15) is 0 Å². The zero-order valence-electron chi connectivity index (χ0n) is 6.99. The van der Waals surface area contributed by atoms with Crippen LogP contribution in [-0.4, -0.2) is 18.2 Å². The van der Waals surface area contributed by atoms with Crippen LogP contribution in [0.25, 0.3) is 0 Å². The molecule has 0 fully saturated rings. The quantitative estimate of drug-likeness (QED) is 0.793. The van der Waals surface area contributed by atoms with Crippen molar-refractivity contribution < 1.29 is 14.6 Å². The molecule has 0 saturated heterocycles. The molecule has 13 heavy (non-hydrogen) atoms. The second-order valence-corrected chi connectivity index (χ2v) is 3.84. The number of ether oxygens (including phenoxy) is 1. The molecule has 0 radical (unpaired) electrons. The van der Waals surface area contributed by atoms with E-state index < -0.39 is 12.1 Å². The minimum absolute atomic E-state index is 0.0344. The standard InChI is InChI=1S/C8H9ClO3S/c1-12-8(11)3-6(10)7-2-5(9)4-13-7/h2,4,6,10H,3H2,1H3/t6-/m0/s1. The second kappa shape index (κ2) is 4.60. The van der Waals surface area contributed by atoms with Crippen molar-refractivity contribution in [3.05, 3.63) is 21.3 Å². The summed E-state index contributed by atoms with van der Waals surface area (Å²) >= 11 is 6.98. The minimum Gasteiger partial charge on any atom is -0.469 e. The Morgan fingerprint density at radius 1 is 1.85 bits per heavy atom. The summed E-state index contributed by atoms with van der Waals surface area (Å²) < 4.78 is 4.42. The van der Waals surface area contributed by atoms with Crippen molar-refractivity contribution in [3.8, 4) is 0 Å². The zero-order valence-corrected chi connectivity index (χ0v) is 8.56. The number of aliphatic hydroxyl groups is 1. The van der Waals surface area contributed by atoms with Gasteiger partial charge in [-0.05, 0) is 6.07 Å². The fraction of sp³-hybridized carbons (Fsp3) is 0.375. The van der Waals surface area contributed by atoms with E-state index >= 15 is 0 Å². The first kappa shape index (κ1) is 10.5. The Kier molecular flexibility index (Phi) is 3.71. The van der Waals surface area contributed by atoms with E-state index in [1.807, 2.05) is 0 Å². The van der Waals surface area contributed by atoms with Crippen LogP contribution in [0.4, 0.5) is 0 Å². The predicted octanol–water partition coefficient (Wildman–Crippen LogP) is 2.00. The summed E-state index contributed by atoms with van der Waals surface area (Å²) in [4.78, 5) is 11.5. The van der Waals surface area contributed by atoms with E-state index in [4.69, 9.17) is 11.6 Å². The summed E-state index contributed by atoms with van der Waals surface area (Å²) in [7, 11) is 1.29. The van der Waals surface area contributed by atoms with Crippen molar-refractivity contribution in [3.63, 3.8) is 0 Å². The van der Waals surface area contributed by atoms with Crippen LogP contribution >= 0.6 is 22.9 Å². The average Bonchev–Trinajstić information content (AvgIpc) is 2.51. The van der Waals surface area contributed by atoms with Crippen molar-refractivity contribution >= 4 is 28.9 Å². The Morgan fingerprint density at radius 2 is 2.54 bits per heavy atom. The molecule has 1 atom stereocenters. The number of esters is 1. The first-order chi connectivity index (χ1) is 6.13. The summed E-state index contributed by atoms with van der Waals surface area (Å²) in [5.74, 6) is -0.433. The van der Waals surface area contributed by atoms with Crippen molar-refractivity contribution in [2.24, 2.45) is 0 Å². The third-order valence-electron chi connectivity index (χ3n) is 1.50. The number of thiophene rings is 1. The fourth-order valence-corrected chi connectivity index (χ4v) is 1.91. The highest BCUT2D eigenvalue weighted by Crippen LogP contribution is 2.27. The molecule has 1 heterocycles. The lowest BCUT2D eigenvalue weighted by Gasteiger charge is -2.05. The molecule has 0 bridgehead atoms. The van der Waals surface area contributed by atoms with Crippen LogP contribution in [0.15, 0.2) is 11.4 Å². The van der Waals surface area contributed by atoms with Gasteiger partial charge in [0.25, 0.3) is 0 Å². The maximum atomic E-state index is 10.8. The largest absolute Gasteiger partial charge is 0.469 e. The van der Waals surface area contributed by atoms with Gasteiger partial charge in [0.2, 0.25) is 0 Å². The van der Waals surface area contributed by atoms with E-state index in [9.17, 15) is 9.90 Å². The van der Waals surface area contributed by atoms with Gasteiger partial charge in [-0.3, -0.25) is 4.79 Å². The molecule has 1 aromatic heterocycles. The van der Waals surface area contributed by atoms with Crippen molar-refractivity contribution in [1.82, 2.24) is 0 Å². The molecule has 5 heteroatoms. The van der Waals surface area contributed by atoms with E-state index in [0.717, 1.165) is 0 Å². The Morgan fingerprint density at radius 3 is 3.00 bits per heavy atom. The van der Waals surface area contributed by atoms with Crippen LogP contribution in [0.3, 0.4) is 0 Å². The summed E-state index contributed by atoms with van der Waals surface area (Å²) in [6.07, 6.45) is -0.849. The number of carbonyl (C=O) groups excluding carboxylic acids is 1. The van der Waals surface area contributed by atoms with E-state index in [1.54, 1.807) is 11.4 Å². The minimum atomic E-state index is -0.815. The third-order valence-corrected chi connectivity index (χ3v) is 2.89. The van der Waals surface area contributed by atoms with Gasteiger partial charge in [-0.15, -0.1) is 11.3 Å². The number of methoxy groups -OCH3 is 1. The molecular weight excluding hydrogens is 212 g/mol. The molecular formula is C8H9ClO3S. The molecule has 0 aliphatic heterocycles. The molecule has 0 aliphatic carbocycles. The molecule has 0 saturated carbocycles. The van der Waals surface area contributed by atoms with Gasteiger partial charge in [-0.1, -0.05) is 11.6 Å². The van der Waals surface area contributed by atoms with Crippen molar-refractivity contribution in [1.29, 1.82) is 0 Å². The Labute approximate surface area is 84.9 Å². The summed E-state index contributed by atoms with van der Waals surface area (Å²) in [5, 5.41) is 11.8. The summed E-state index contributed by atoms with van der Waals surface area (Å²) in [6, 6.07) is 1.64. The molecule has 0 spiro atoms. The van der Waals surface area contributed by atoms with Crippen molar-refractivity contribution in [2.75, 3.05) is 7.11 Å². The van der Waals surface area contributed by atoms with Crippen LogP contribution in [0.5, 0.6) is 0 Å². The van der Waals surface area contributed by atoms with E-state index in [-0.39, 0.29) is 6.42 Å². The highest BCUT2D eigenvalue weighted by molar-refractivity contribution is 7.10. The van der Waals surface area contributed by atoms with Crippen LogP contribution < -0.4 is 0 Å². The SMILES string of the molecule is COC(=O)C[C@H](O)c1cc(Cl)cs1. The van der Waals surface area contributed by atoms with Crippen molar-refractivity contribution in [2.45, 2.75) is 12.5 Å². The highest BCUT2D eigenvalue weighted by Gasteiger charge is 2.14. The van der Waals surface area contributed by atoms with Gasteiger partial charge >= 0.3 is 5.97 Å². The number of hydrogen-bond donors (Lipinski definition) is 1. The van der Waals surface area contributed by atoms with Gasteiger partial charge in [-0.2, -0.15) is 0 Å². The van der Waals surface area contributed by atoms with Gasteiger partial charge < -0.3 is 9.84 Å². The molecule has 1 N–H and O–H groups in total. The zero-order chi connectivity index (χ0) is 9.84. The van der Waals surface area contributed by atoms with Crippen LogP contribution in [-0.2, 0) is 9.53 Å².